The summed E-state index contributed by atoms with van der Waals surface area (Å²) in [5.41, 5.74) is 0. The molecule has 14 heavy (non-hydrogen) atoms. The first-order valence-corrected chi connectivity index (χ1v) is 4.80. The fourth-order valence-electron chi connectivity index (χ4n) is 1.42. The quantitative estimate of drug-likeness (QED) is 0.740. The van der Waals surface area contributed by atoms with E-state index in [0.717, 1.165) is 12.8 Å². The average molecular weight is 196 g/mol. The standard InChI is InChI=1S/C11H13FO2/c1-13-10-7-3-6-9(12)11(10)14-8-4-2-5-8/h3,6-8H,2,4-5H2,1H3. The molecule has 1 saturated carbocycles. The fraction of sp³-hybridized carbons (Fsp3) is 0.455. The molecular weight excluding hydrogens is 183 g/mol. The van der Waals surface area contributed by atoms with E-state index < -0.39 is 0 Å². The van der Waals surface area contributed by atoms with E-state index in [9.17, 15) is 4.39 Å². The lowest BCUT2D eigenvalue weighted by Crippen LogP contribution is -2.25. The molecule has 0 N–H and O–H groups in total. The normalized spacial score (nSPS) is 16.1. The second kappa shape index (κ2) is 3.86. The van der Waals surface area contributed by atoms with Crippen LogP contribution in [0.25, 0.3) is 0 Å². The van der Waals surface area contributed by atoms with Crippen LogP contribution in [0, 0.1) is 5.82 Å². The van der Waals surface area contributed by atoms with Crippen LogP contribution in [0.15, 0.2) is 18.2 Å². The highest BCUT2D eigenvalue weighted by Gasteiger charge is 2.22. The Morgan fingerprint density at radius 2 is 2.14 bits per heavy atom. The van der Waals surface area contributed by atoms with E-state index in [4.69, 9.17) is 9.47 Å². The predicted octanol–water partition coefficient (Wildman–Crippen LogP) is 2.77. The molecule has 76 valence electrons. The van der Waals surface area contributed by atoms with Crippen molar-refractivity contribution in [3.8, 4) is 11.5 Å². The molecule has 0 amide bonds. The first-order chi connectivity index (χ1) is 6.81. The van der Waals surface area contributed by atoms with Gasteiger partial charge in [0.25, 0.3) is 0 Å². The maximum absolute atomic E-state index is 13.4. The second-order valence-electron chi connectivity index (χ2n) is 3.44. The summed E-state index contributed by atoms with van der Waals surface area (Å²) in [6, 6.07) is 4.70. The van der Waals surface area contributed by atoms with Gasteiger partial charge >= 0.3 is 0 Å². The Balaban J connectivity index is 2.19. The van der Waals surface area contributed by atoms with Crippen LogP contribution in [-0.4, -0.2) is 13.2 Å². The third-order valence-electron chi connectivity index (χ3n) is 2.49. The van der Waals surface area contributed by atoms with Crippen molar-refractivity contribution in [2.45, 2.75) is 25.4 Å². The minimum absolute atomic E-state index is 0.167. The van der Waals surface area contributed by atoms with Gasteiger partial charge in [-0.05, 0) is 31.4 Å². The Labute approximate surface area is 82.6 Å². The van der Waals surface area contributed by atoms with E-state index >= 15 is 0 Å². The Bertz CT molecular complexity index is 321. The summed E-state index contributed by atoms with van der Waals surface area (Å²) in [7, 11) is 1.52. The van der Waals surface area contributed by atoms with Crippen molar-refractivity contribution in [1.82, 2.24) is 0 Å². The van der Waals surface area contributed by atoms with E-state index in [-0.39, 0.29) is 17.7 Å². The summed E-state index contributed by atoms with van der Waals surface area (Å²) in [6.07, 6.45) is 3.36. The van der Waals surface area contributed by atoms with E-state index in [1.807, 2.05) is 0 Å². The predicted molar refractivity (Wildman–Crippen MR) is 51.2 cm³/mol. The monoisotopic (exact) mass is 196 g/mol. The number of benzene rings is 1. The van der Waals surface area contributed by atoms with Gasteiger partial charge in [-0.3, -0.25) is 0 Å². The highest BCUT2D eigenvalue weighted by molar-refractivity contribution is 5.41. The smallest absolute Gasteiger partial charge is 0.197 e. The van der Waals surface area contributed by atoms with Gasteiger partial charge in [0.05, 0.1) is 13.2 Å². The molecule has 0 aromatic heterocycles. The Morgan fingerprint density at radius 1 is 1.36 bits per heavy atom. The summed E-state index contributed by atoms with van der Waals surface area (Å²) < 4.78 is 23.9. The van der Waals surface area contributed by atoms with Gasteiger partial charge in [0.1, 0.15) is 0 Å². The number of hydrogen-bond donors (Lipinski definition) is 0. The SMILES string of the molecule is COc1cccc(F)c1OC1CCC1. The molecule has 2 nitrogen and oxygen atoms in total. The van der Waals surface area contributed by atoms with Crippen molar-refractivity contribution in [2.75, 3.05) is 7.11 Å². The topological polar surface area (TPSA) is 18.5 Å². The number of methoxy groups -OCH3 is 1. The average Bonchev–Trinajstić information content (AvgIpc) is 2.12. The van der Waals surface area contributed by atoms with Gasteiger partial charge in [0.2, 0.25) is 0 Å². The molecule has 0 aliphatic heterocycles. The molecule has 2 rings (SSSR count). The van der Waals surface area contributed by atoms with Gasteiger partial charge in [-0.2, -0.15) is 0 Å². The van der Waals surface area contributed by atoms with E-state index in [0.29, 0.717) is 5.75 Å². The number of hydrogen-bond acceptors (Lipinski definition) is 2. The Morgan fingerprint density at radius 3 is 2.71 bits per heavy atom. The molecular formula is C11H13FO2. The molecule has 0 unspecified atom stereocenters. The van der Waals surface area contributed by atoms with E-state index in [2.05, 4.69) is 0 Å². The molecule has 0 saturated heterocycles. The lowest BCUT2D eigenvalue weighted by Gasteiger charge is -2.27. The van der Waals surface area contributed by atoms with E-state index in [1.165, 1.54) is 19.6 Å². The maximum atomic E-state index is 13.4. The minimum Gasteiger partial charge on any atom is -0.493 e. The highest BCUT2D eigenvalue weighted by atomic mass is 19.1. The minimum atomic E-state index is -0.351. The van der Waals surface area contributed by atoms with Crippen molar-refractivity contribution in [3.63, 3.8) is 0 Å². The summed E-state index contributed by atoms with van der Waals surface area (Å²) in [5, 5.41) is 0. The van der Waals surface area contributed by atoms with E-state index in [1.54, 1.807) is 12.1 Å². The van der Waals surface area contributed by atoms with Crippen molar-refractivity contribution in [2.24, 2.45) is 0 Å². The van der Waals surface area contributed by atoms with Crippen molar-refractivity contribution < 1.29 is 13.9 Å². The first kappa shape index (κ1) is 9.31. The molecule has 1 aliphatic carbocycles. The zero-order valence-corrected chi connectivity index (χ0v) is 8.13. The molecule has 0 heterocycles. The zero-order valence-electron chi connectivity index (χ0n) is 8.13. The van der Waals surface area contributed by atoms with Gasteiger partial charge in [-0.1, -0.05) is 6.07 Å². The maximum Gasteiger partial charge on any atom is 0.197 e. The van der Waals surface area contributed by atoms with Crippen molar-refractivity contribution in [1.29, 1.82) is 0 Å². The molecule has 1 aromatic rings. The summed E-state index contributed by atoms with van der Waals surface area (Å²) in [5.74, 6) is 0.368. The second-order valence-corrected chi connectivity index (χ2v) is 3.44. The Kier molecular flexibility index (Phi) is 2.57. The molecule has 0 atom stereocenters. The molecule has 0 bridgehead atoms. The molecule has 3 heteroatoms. The van der Waals surface area contributed by atoms with Crippen LogP contribution >= 0.6 is 0 Å². The van der Waals surface area contributed by atoms with Gasteiger partial charge in [-0.25, -0.2) is 4.39 Å². The number of ether oxygens (including phenoxy) is 2. The van der Waals surface area contributed by atoms with Gasteiger partial charge < -0.3 is 9.47 Å². The third kappa shape index (κ3) is 1.67. The molecule has 1 aliphatic rings. The van der Waals surface area contributed by atoms with Gasteiger partial charge in [0.15, 0.2) is 17.3 Å². The first-order valence-electron chi connectivity index (χ1n) is 4.80. The summed E-state index contributed by atoms with van der Waals surface area (Å²) in [4.78, 5) is 0. The fourth-order valence-corrected chi connectivity index (χ4v) is 1.42. The molecule has 1 fully saturated rings. The molecule has 0 radical (unpaired) electrons. The van der Waals surface area contributed by atoms with Crippen LogP contribution in [0.3, 0.4) is 0 Å². The molecule has 1 aromatic carbocycles. The van der Waals surface area contributed by atoms with Crippen molar-refractivity contribution in [3.05, 3.63) is 24.0 Å². The third-order valence-corrected chi connectivity index (χ3v) is 2.49. The Hall–Kier alpha value is -1.25. The van der Waals surface area contributed by atoms with Crippen LogP contribution < -0.4 is 9.47 Å². The van der Waals surface area contributed by atoms with Gasteiger partial charge in [0, 0.05) is 0 Å². The zero-order chi connectivity index (χ0) is 9.97. The van der Waals surface area contributed by atoms with Crippen molar-refractivity contribution >= 4 is 0 Å². The molecule has 0 spiro atoms. The lowest BCUT2D eigenvalue weighted by atomic mass is 9.96. The largest absolute Gasteiger partial charge is 0.493 e. The highest BCUT2D eigenvalue weighted by Crippen LogP contribution is 2.34. The van der Waals surface area contributed by atoms with Crippen LogP contribution in [0.4, 0.5) is 4.39 Å². The summed E-state index contributed by atoms with van der Waals surface area (Å²) in [6.45, 7) is 0. The van der Waals surface area contributed by atoms with Crippen LogP contribution in [0.2, 0.25) is 0 Å². The number of rotatable bonds is 3. The van der Waals surface area contributed by atoms with Gasteiger partial charge in [-0.15, -0.1) is 0 Å². The number of halogens is 1. The van der Waals surface area contributed by atoms with Crippen LogP contribution in [0.5, 0.6) is 11.5 Å². The summed E-state index contributed by atoms with van der Waals surface area (Å²) >= 11 is 0. The lowest BCUT2D eigenvalue weighted by molar-refractivity contribution is 0.110. The van der Waals surface area contributed by atoms with Crippen LogP contribution in [-0.2, 0) is 0 Å². The van der Waals surface area contributed by atoms with Crippen LogP contribution in [0.1, 0.15) is 19.3 Å². The number of para-hydroxylation sites is 1.